The maximum Gasteiger partial charge on any atom is 0.152 e. The summed E-state index contributed by atoms with van der Waals surface area (Å²) in [6, 6.07) is 5.13. The molecule has 0 fully saturated rings. The van der Waals surface area contributed by atoms with Crippen LogP contribution in [-0.4, -0.2) is 5.78 Å². The second-order valence-corrected chi connectivity index (χ2v) is 3.71. The Kier molecular flexibility index (Phi) is 3.22. The molecule has 0 spiro atoms. The Bertz CT molecular complexity index is 340. The van der Waals surface area contributed by atoms with Gasteiger partial charge in [-0.2, -0.15) is 0 Å². The number of rotatable bonds is 2. The van der Waals surface area contributed by atoms with E-state index in [1.165, 1.54) is 6.92 Å². The van der Waals surface area contributed by atoms with Crippen molar-refractivity contribution < 1.29 is 4.79 Å². The Labute approximate surface area is 87.5 Å². The van der Waals surface area contributed by atoms with E-state index in [2.05, 4.69) is 12.6 Å². The third-order valence-corrected chi connectivity index (χ3v) is 2.65. The molecule has 0 aliphatic carbocycles. The molecule has 13 heavy (non-hydrogen) atoms. The van der Waals surface area contributed by atoms with Gasteiger partial charge in [0.15, 0.2) is 5.78 Å². The van der Waals surface area contributed by atoms with Crippen LogP contribution in [0.5, 0.6) is 0 Å². The first-order chi connectivity index (χ1) is 6.02. The summed E-state index contributed by atoms with van der Waals surface area (Å²) >= 11 is 9.98. The molecule has 1 aromatic carbocycles. The van der Waals surface area contributed by atoms with Crippen molar-refractivity contribution in [1.29, 1.82) is 0 Å². The van der Waals surface area contributed by atoms with Gasteiger partial charge in [0, 0.05) is 10.6 Å². The maximum atomic E-state index is 11.0. The molecule has 0 aliphatic heterocycles. The van der Waals surface area contributed by atoms with E-state index < -0.39 is 5.38 Å². The van der Waals surface area contributed by atoms with E-state index in [4.69, 9.17) is 17.3 Å². The minimum atomic E-state index is -0.605. The van der Waals surface area contributed by atoms with Crippen molar-refractivity contribution in [2.45, 2.75) is 17.2 Å². The summed E-state index contributed by atoms with van der Waals surface area (Å²) in [4.78, 5) is 11.6. The summed E-state index contributed by atoms with van der Waals surface area (Å²) in [6.07, 6.45) is 0. The van der Waals surface area contributed by atoms with Gasteiger partial charge in [-0.1, -0.05) is 6.07 Å². The standard InChI is InChI=1S/C9H10ClNOS/c1-5(12)9(10)6-2-3-7(11)8(13)4-6/h2-4,9,13H,11H2,1H3. The SMILES string of the molecule is CC(=O)C(Cl)c1ccc(N)c(S)c1. The number of hydrogen-bond donors (Lipinski definition) is 2. The molecule has 1 rings (SSSR count). The summed E-state index contributed by atoms with van der Waals surface area (Å²) in [5.74, 6) is -0.0841. The monoisotopic (exact) mass is 215 g/mol. The summed E-state index contributed by atoms with van der Waals surface area (Å²) in [5, 5.41) is -0.605. The largest absolute Gasteiger partial charge is 0.398 e. The number of nitrogens with two attached hydrogens (primary N) is 1. The Morgan fingerprint density at radius 2 is 2.23 bits per heavy atom. The number of hydrogen-bond acceptors (Lipinski definition) is 3. The minimum absolute atomic E-state index is 0.0841. The fraction of sp³-hybridized carbons (Fsp3) is 0.222. The van der Waals surface area contributed by atoms with Crippen molar-refractivity contribution >= 4 is 35.7 Å². The summed E-state index contributed by atoms with van der Waals surface area (Å²) < 4.78 is 0. The van der Waals surface area contributed by atoms with Crippen LogP contribution in [0.1, 0.15) is 17.9 Å². The zero-order chi connectivity index (χ0) is 10.0. The molecule has 0 aliphatic rings. The van der Waals surface area contributed by atoms with Crippen molar-refractivity contribution in [3.63, 3.8) is 0 Å². The predicted octanol–water partition coefficient (Wildman–Crippen LogP) is 2.43. The summed E-state index contributed by atoms with van der Waals surface area (Å²) in [5.41, 5.74) is 6.87. The van der Waals surface area contributed by atoms with Crippen molar-refractivity contribution in [3.8, 4) is 0 Å². The maximum absolute atomic E-state index is 11.0. The Balaban J connectivity index is 3.03. The third-order valence-electron chi connectivity index (χ3n) is 1.70. The zero-order valence-corrected chi connectivity index (χ0v) is 8.77. The molecule has 1 aromatic rings. The number of carbonyl (C=O) groups is 1. The first kappa shape index (κ1) is 10.4. The van der Waals surface area contributed by atoms with Crippen molar-refractivity contribution in [3.05, 3.63) is 23.8 Å². The van der Waals surface area contributed by atoms with Gasteiger partial charge < -0.3 is 5.73 Å². The molecule has 70 valence electrons. The van der Waals surface area contributed by atoms with Gasteiger partial charge in [-0.05, 0) is 24.6 Å². The van der Waals surface area contributed by atoms with Crippen LogP contribution in [0.25, 0.3) is 0 Å². The molecular formula is C9H10ClNOS. The van der Waals surface area contributed by atoms with Gasteiger partial charge in [-0.3, -0.25) is 4.79 Å². The molecule has 0 saturated carbocycles. The second kappa shape index (κ2) is 4.03. The van der Waals surface area contributed by atoms with Gasteiger partial charge in [-0.15, -0.1) is 24.2 Å². The van der Waals surface area contributed by atoms with Crippen LogP contribution in [0, 0.1) is 0 Å². The number of ketones is 1. The van der Waals surface area contributed by atoms with Gasteiger partial charge >= 0.3 is 0 Å². The number of Topliss-reactive ketones (excluding diaryl/α,β-unsaturated/α-hetero) is 1. The molecule has 0 radical (unpaired) electrons. The highest BCUT2D eigenvalue weighted by Crippen LogP contribution is 2.26. The first-order valence-electron chi connectivity index (χ1n) is 3.75. The van der Waals surface area contributed by atoms with Crippen LogP contribution >= 0.6 is 24.2 Å². The van der Waals surface area contributed by atoms with Gasteiger partial charge in [0.1, 0.15) is 5.38 Å². The lowest BCUT2D eigenvalue weighted by atomic mass is 10.1. The van der Waals surface area contributed by atoms with Gasteiger partial charge in [-0.25, -0.2) is 0 Å². The Hall–Kier alpha value is -0.670. The number of benzene rings is 1. The number of halogens is 1. The first-order valence-corrected chi connectivity index (χ1v) is 4.63. The van der Waals surface area contributed by atoms with Crippen molar-refractivity contribution in [2.75, 3.05) is 5.73 Å². The molecule has 2 N–H and O–H groups in total. The Morgan fingerprint density at radius 1 is 1.62 bits per heavy atom. The van der Waals surface area contributed by atoms with Crippen LogP contribution in [-0.2, 0) is 4.79 Å². The number of nitrogen functional groups attached to an aromatic ring is 1. The molecule has 0 aromatic heterocycles. The molecule has 4 heteroatoms. The number of alkyl halides is 1. The molecule has 0 bridgehead atoms. The second-order valence-electron chi connectivity index (χ2n) is 2.79. The highest BCUT2D eigenvalue weighted by atomic mass is 35.5. The average Bonchev–Trinajstić information content (AvgIpc) is 2.08. The quantitative estimate of drug-likeness (QED) is 0.452. The number of thiol groups is 1. The molecule has 0 heterocycles. The van der Waals surface area contributed by atoms with E-state index in [1.54, 1.807) is 18.2 Å². The lowest BCUT2D eigenvalue weighted by Crippen LogP contribution is -2.01. The van der Waals surface area contributed by atoms with Crippen molar-refractivity contribution in [2.24, 2.45) is 0 Å². The van der Waals surface area contributed by atoms with E-state index in [1.807, 2.05) is 0 Å². The molecule has 0 amide bonds. The lowest BCUT2D eigenvalue weighted by molar-refractivity contribution is -0.116. The van der Waals surface area contributed by atoms with Crippen LogP contribution in [0.4, 0.5) is 5.69 Å². The third kappa shape index (κ3) is 2.39. The number of anilines is 1. The van der Waals surface area contributed by atoms with Crippen molar-refractivity contribution in [1.82, 2.24) is 0 Å². The fourth-order valence-corrected chi connectivity index (χ4v) is 1.31. The zero-order valence-electron chi connectivity index (χ0n) is 7.12. The van der Waals surface area contributed by atoms with Crippen LogP contribution in [0.3, 0.4) is 0 Å². The van der Waals surface area contributed by atoms with E-state index in [0.29, 0.717) is 10.6 Å². The summed E-state index contributed by atoms with van der Waals surface area (Å²) in [7, 11) is 0. The van der Waals surface area contributed by atoms with Gasteiger partial charge in [0.25, 0.3) is 0 Å². The number of carbonyl (C=O) groups excluding carboxylic acids is 1. The smallest absolute Gasteiger partial charge is 0.152 e. The molecule has 2 nitrogen and oxygen atoms in total. The summed E-state index contributed by atoms with van der Waals surface area (Å²) in [6.45, 7) is 1.45. The topological polar surface area (TPSA) is 43.1 Å². The minimum Gasteiger partial charge on any atom is -0.398 e. The predicted molar refractivity (Wildman–Crippen MR) is 57.4 cm³/mol. The lowest BCUT2D eigenvalue weighted by Gasteiger charge is -2.07. The molecular weight excluding hydrogens is 206 g/mol. The van der Waals surface area contributed by atoms with E-state index >= 15 is 0 Å². The van der Waals surface area contributed by atoms with E-state index in [-0.39, 0.29) is 5.78 Å². The molecule has 1 atom stereocenters. The van der Waals surface area contributed by atoms with Crippen LogP contribution in [0.2, 0.25) is 0 Å². The average molecular weight is 216 g/mol. The van der Waals surface area contributed by atoms with Gasteiger partial charge in [0.2, 0.25) is 0 Å². The molecule has 1 unspecified atom stereocenters. The highest BCUT2D eigenvalue weighted by molar-refractivity contribution is 7.80. The van der Waals surface area contributed by atoms with Crippen LogP contribution < -0.4 is 5.73 Å². The Morgan fingerprint density at radius 3 is 2.69 bits per heavy atom. The van der Waals surface area contributed by atoms with Gasteiger partial charge in [0.05, 0.1) is 0 Å². The van der Waals surface area contributed by atoms with E-state index in [9.17, 15) is 4.79 Å². The van der Waals surface area contributed by atoms with Crippen LogP contribution in [0.15, 0.2) is 23.1 Å². The normalized spacial score (nSPS) is 12.5. The fourth-order valence-electron chi connectivity index (χ4n) is 0.953. The van der Waals surface area contributed by atoms with E-state index in [0.717, 1.165) is 5.56 Å². The highest BCUT2D eigenvalue weighted by Gasteiger charge is 2.13. The molecule has 0 saturated heterocycles.